The highest BCUT2D eigenvalue weighted by molar-refractivity contribution is 7.98. The van der Waals surface area contributed by atoms with Gasteiger partial charge in [0.1, 0.15) is 11.5 Å². The van der Waals surface area contributed by atoms with Crippen LogP contribution in [-0.4, -0.2) is 47.7 Å². The zero-order valence-electron chi connectivity index (χ0n) is 16.9. The number of methoxy groups -OCH3 is 2. The zero-order chi connectivity index (χ0) is 20.9. The summed E-state index contributed by atoms with van der Waals surface area (Å²) < 4.78 is 23.4. The fourth-order valence-electron chi connectivity index (χ4n) is 3.31. The van der Waals surface area contributed by atoms with Crippen LogP contribution in [0.3, 0.4) is 0 Å². The van der Waals surface area contributed by atoms with Crippen molar-refractivity contribution in [2.75, 3.05) is 20.8 Å². The van der Waals surface area contributed by atoms with Gasteiger partial charge < -0.3 is 18.6 Å². The molecule has 1 atom stereocenters. The molecule has 1 unspecified atom stereocenters. The molecule has 0 saturated carbocycles. The number of thioether (sulfide) groups is 1. The molecule has 4 rings (SSSR count). The molecule has 3 heterocycles. The van der Waals surface area contributed by atoms with Crippen LogP contribution in [0.25, 0.3) is 11.4 Å². The molecule has 8 nitrogen and oxygen atoms in total. The SMILES string of the molecule is COC(=O)c1ccc(CSc2nnc(-c3ccc(OC)cc3)n2CC2CCCO2)o1. The fourth-order valence-corrected chi connectivity index (χ4v) is 4.15. The first-order valence-corrected chi connectivity index (χ1v) is 10.7. The molecule has 3 aromatic rings. The number of rotatable bonds is 8. The van der Waals surface area contributed by atoms with Crippen LogP contribution in [0.1, 0.15) is 29.2 Å². The van der Waals surface area contributed by atoms with E-state index in [4.69, 9.17) is 13.9 Å². The van der Waals surface area contributed by atoms with E-state index in [2.05, 4.69) is 19.5 Å². The minimum Gasteiger partial charge on any atom is -0.497 e. The van der Waals surface area contributed by atoms with Crippen LogP contribution < -0.4 is 4.74 Å². The molecule has 2 aromatic heterocycles. The first-order chi connectivity index (χ1) is 14.7. The van der Waals surface area contributed by atoms with Gasteiger partial charge in [-0.25, -0.2) is 4.79 Å². The average Bonchev–Trinajstić information content (AvgIpc) is 3.54. The van der Waals surface area contributed by atoms with Gasteiger partial charge in [0.15, 0.2) is 11.0 Å². The smallest absolute Gasteiger partial charge is 0.373 e. The van der Waals surface area contributed by atoms with Gasteiger partial charge in [-0.05, 0) is 49.2 Å². The Labute approximate surface area is 178 Å². The molecule has 1 aliphatic heterocycles. The Morgan fingerprint density at radius 2 is 2.03 bits per heavy atom. The van der Waals surface area contributed by atoms with Gasteiger partial charge in [0, 0.05) is 12.2 Å². The Morgan fingerprint density at radius 1 is 1.20 bits per heavy atom. The number of nitrogens with zero attached hydrogens (tertiary/aromatic N) is 3. The third-order valence-electron chi connectivity index (χ3n) is 4.87. The average molecular weight is 429 g/mol. The number of hydrogen-bond acceptors (Lipinski definition) is 8. The Bertz CT molecular complexity index is 992. The van der Waals surface area contributed by atoms with Gasteiger partial charge in [-0.1, -0.05) is 11.8 Å². The lowest BCUT2D eigenvalue weighted by molar-refractivity contribution is 0.0563. The van der Waals surface area contributed by atoms with Crippen LogP contribution in [0.2, 0.25) is 0 Å². The molecule has 0 spiro atoms. The van der Waals surface area contributed by atoms with Gasteiger partial charge in [0.2, 0.25) is 5.76 Å². The van der Waals surface area contributed by atoms with E-state index in [1.54, 1.807) is 19.2 Å². The molecule has 1 aromatic carbocycles. The molecule has 1 saturated heterocycles. The third kappa shape index (κ3) is 4.52. The van der Waals surface area contributed by atoms with E-state index in [-0.39, 0.29) is 11.9 Å². The predicted molar refractivity (Wildman–Crippen MR) is 111 cm³/mol. The number of carbonyl (C=O) groups is 1. The van der Waals surface area contributed by atoms with Crippen LogP contribution in [-0.2, 0) is 21.8 Å². The molecule has 0 radical (unpaired) electrons. The standard InChI is InChI=1S/C21H23N3O5S/c1-26-15-7-5-14(6-8-15)19-22-23-21(24(19)12-16-4-3-11-28-16)30-13-17-9-10-18(29-17)20(25)27-2/h5-10,16H,3-4,11-13H2,1-2H3. The summed E-state index contributed by atoms with van der Waals surface area (Å²) in [5.74, 6) is 2.45. The first kappa shape index (κ1) is 20.5. The summed E-state index contributed by atoms with van der Waals surface area (Å²) in [6, 6.07) is 11.1. The first-order valence-electron chi connectivity index (χ1n) is 9.67. The second-order valence-electron chi connectivity index (χ2n) is 6.83. The second kappa shape index (κ2) is 9.36. The van der Waals surface area contributed by atoms with Gasteiger partial charge in [-0.3, -0.25) is 4.57 Å². The Kier molecular flexibility index (Phi) is 6.39. The predicted octanol–water partition coefficient (Wildman–Crippen LogP) is 3.80. The summed E-state index contributed by atoms with van der Waals surface area (Å²) >= 11 is 1.50. The normalized spacial score (nSPS) is 16.0. The van der Waals surface area contributed by atoms with Gasteiger partial charge in [-0.15, -0.1) is 10.2 Å². The molecule has 0 bridgehead atoms. The minimum absolute atomic E-state index is 0.145. The molecular weight excluding hydrogens is 406 g/mol. The quantitative estimate of drug-likeness (QED) is 0.395. The number of ether oxygens (including phenoxy) is 3. The maximum absolute atomic E-state index is 11.6. The molecule has 0 aliphatic carbocycles. The van der Waals surface area contributed by atoms with Crippen molar-refractivity contribution in [3.8, 4) is 17.1 Å². The molecule has 0 amide bonds. The van der Waals surface area contributed by atoms with Crippen LogP contribution >= 0.6 is 11.8 Å². The number of furan rings is 1. The van der Waals surface area contributed by atoms with Crippen molar-refractivity contribution in [3.05, 3.63) is 47.9 Å². The van der Waals surface area contributed by atoms with Gasteiger partial charge in [0.05, 0.1) is 32.6 Å². The summed E-state index contributed by atoms with van der Waals surface area (Å²) in [5, 5.41) is 9.61. The Hall–Kier alpha value is -2.78. The van der Waals surface area contributed by atoms with Gasteiger partial charge in [0.25, 0.3) is 0 Å². The second-order valence-corrected chi connectivity index (χ2v) is 7.77. The third-order valence-corrected chi connectivity index (χ3v) is 5.86. The lowest BCUT2D eigenvalue weighted by Crippen LogP contribution is -2.16. The van der Waals surface area contributed by atoms with Crippen molar-refractivity contribution >= 4 is 17.7 Å². The van der Waals surface area contributed by atoms with Crippen LogP contribution in [0.5, 0.6) is 5.75 Å². The Morgan fingerprint density at radius 3 is 2.73 bits per heavy atom. The summed E-state index contributed by atoms with van der Waals surface area (Å²) in [4.78, 5) is 11.6. The van der Waals surface area contributed by atoms with Crippen molar-refractivity contribution in [1.29, 1.82) is 0 Å². The maximum atomic E-state index is 11.6. The summed E-state index contributed by atoms with van der Waals surface area (Å²) in [6.45, 7) is 1.47. The fraction of sp³-hybridized carbons (Fsp3) is 0.381. The lowest BCUT2D eigenvalue weighted by atomic mass is 10.2. The van der Waals surface area contributed by atoms with E-state index < -0.39 is 5.97 Å². The molecule has 1 aliphatic rings. The number of benzene rings is 1. The van der Waals surface area contributed by atoms with Crippen molar-refractivity contribution in [2.45, 2.75) is 36.4 Å². The minimum atomic E-state index is -0.491. The van der Waals surface area contributed by atoms with E-state index in [0.717, 1.165) is 41.7 Å². The molecule has 30 heavy (non-hydrogen) atoms. The largest absolute Gasteiger partial charge is 0.497 e. The van der Waals surface area contributed by atoms with Crippen molar-refractivity contribution < 1.29 is 23.4 Å². The van der Waals surface area contributed by atoms with Crippen LogP contribution in [0.4, 0.5) is 0 Å². The number of carbonyl (C=O) groups excluding carboxylic acids is 1. The number of esters is 1. The maximum Gasteiger partial charge on any atom is 0.373 e. The Balaban J connectivity index is 1.56. The van der Waals surface area contributed by atoms with Gasteiger partial charge >= 0.3 is 5.97 Å². The molecule has 158 valence electrons. The molecule has 9 heteroatoms. The highest BCUT2D eigenvalue weighted by Gasteiger charge is 2.22. The van der Waals surface area contributed by atoms with Crippen molar-refractivity contribution in [3.63, 3.8) is 0 Å². The molecule has 1 fully saturated rings. The van der Waals surface area contributed by atoms with Crippen molar-refractivity contribution in [2.24, 2.45) is 0 Å². The highest BCUT2D eigenvalue weighted by atomic mass is 32.2. The summed E-state index contributed by atoms with van der Waals surface area (Å²) in [6.07, 6.45) is 2.23. The lowest BCUT2D eigenvalue weighted by Gasteiger charge is -2.14. The number of aromatic nitrogens is 3. The van der Waals surface area contributed by atoms with Crippen LogP contribution in [0, 0.1) is 0 Å². The van der Waals surface area contributed by atoms with Crippen molar-refractivity contribution in [1.82, 2.24) is 14.8 Å². The van der Waals surface area contributed by atoms with Crippen LogP contribution in [0.15, 0.2) is 46.0 Å². The highest BCUT2D eigenvalue weighted by Crippen LogP contribution is 2.29. The molecule has 0 N–H and O–H groups in total. The van der Waals surface area contributed by atoms with Gasteiger partial charge in [-0.2, -0.15) is 0 Å². The number of hydrogen-bond donors (Lipinski definition) is 0. The topological polar surface area (TPSA) is 88.6 Å². The van der Waals surface area contributed by atoms with E-state index in [0.29, 0.717) is 18.1 Å². The van der Waals surface area contributed by atoms with E-state index >= 15 is 0 Å². The van der Waals surface area contributed by atoms with E-state index in [1.807, 2.05) is 24.3 Å². The molecular formula is C21H23N3O5S. The monoisotopic (exact) mass is 429 g/mol. The summed E-state index contributed by atoms with van der Waals surface area (Å²) in [7, 11) is 2.97. The van der Waals surface area contributed by atoms with E-state index in [1.165, 1.54) is 18.9 Å². The van der Waals surface area contributed by atoms with E-state index in [9.17, 15) is 4.79 Å². The summed E-state index contributed by atoms with van der Waals surface area (Å²) in [5.41, 5.74) is 0.958. The zero-order valence-corrected chi connectivity index (χ0v) is 17.7.